The highest BCUT2D eigenvalue weighted by Gasteiger charge is 2.15. The summed E-state index contributed by atoms with van der Waals surface area (Å²) in [7, 11) is 1.21. The zero-order valence-corrected chi connectivity index (χ0v) is 14.0. The van der Waals surface area contributed by atoms with Crippen LogP contribution in [0.3, 0.4) is 0 Å². The highest BCUT2D eigenvalue weighted by Crippen LogP contribution is 2.27. The lowest BCUT2D eigenvalue weighted by atomic mass is 10.3. The number of nitro groups is 1. The summed E-state index contributed by atoms with van der Waals surface area (Å²) in [5.74, 6) is 0. The number of non-ortho nitro benzene ring substituents is 1. The Balaban J connectivity index is 2.12. The molecule has 2 rings (SSSR count). The van der Waals surface area contributed by atoms with Crippen molar-refractivity contribution in [2.75, 3.05) is 10.6 Å². The summed E-state index contributed by atoms with van der Waals surface area (Å²) in [5, 5.41) is 15.4. The van der Waals surface area contributed by atoms with Crippen molar-refractivity contribution in [1.29, 1.82) is 0 Å². The second-order valence-corrected chi connectivity index (χ2v) is 7.41. The zero-order chi connectivity index (χ0) is 17.9. The van der Waals surface area contributed by atoms with Crippen LogP contribution in [0.1, 0.15) is 0 Å². The minimum absolute atomic E-state index is 0.154. The predicted octanol–water partition coefficient (Wildman–Crippen LogP) is 3.82. The molecule has 0 spiro atoms. The van der Waals surface area contributed by atoms with E-state index in [0.717, 1.165) is 6.07 Å². The van der Waals surface area contributed by atoms with Crippen LogP contribution in [-0.2, 0) is 9.05 Å². The molecule has 0 aliphatic rings. The third-order valence-corrected chi connectivity index (χ3v) is 4.57. The average Bonchev–Trinajstić information content (AvgIpc) is 2.45. The molecule has 0 saturated carbocycles. The fraction of sp³-hybridized carbons (Fsp3) is 0. The average molecular weight is 390 g/mol. The van der Waals surface area contributed by atoms with Crippen LogP contribution in [0.15, 0.2) is 47.4 Å². The quantitative estimate of drug-likeness (QED) is 0.467. The Morgan fingerprint density at radius 3 is 2.25 bits per heavy atom. The maximum atomic E-state index is 11.9. The smallest absolute Gasteiger partial charge is 0.308 e. The molecule has 11 heteroatoms. The van der Waals surface area contributed by atoms with Crippen LogP contribution in [0.2, 0.25) is 5.02 Å². The van der Waals surface area contributed by atoms with Gasteiger partial charge in [0.15, 0.2) is 0 Å². The van der Waals surface area contributed by atoms with Crippen LogP contribution in [0.5, 0.6) is 0 Å². The van der Waals surface area contributed by atoms with Gasteiger partial charge in [0.05, 0.1) is 9.95 Å². The molecular formula is C13H9Cl2N3O5S. The van der Waals surface area contributed by atoms with E-state index < -0.39 is 20.0 Å². The molecule has 0 bridgehead atoms. The van der Waals surface area contributed by atoms with Gasteiger partial charge in [-0.3, -0.25) is 10.1 Å². The maximum Gasteiger partial charge on any atom is 0.323 e. The van der Waals surface area contributed by atoms with Crippen LogP contribution in [0.25, 0.3) is 0 Å². The van der Waals surface area contributed by atoms with Gasteiger partial charge in [-0.2, -0.15) is 0 Å². The van der Waals surface area contributed by atoms with Crippen molar-refractivity contribution in [1.82, 2.24) is 0 Å². The summed E-state index contributed by atoms with van der Waals surface area (Å²) in [6, 6.07) is 8.34. The molecule has 0 fully saturated rings. The van der Waals surface area contributed by atoms with Gasteiger partial charge in [0, 0.05) is 34.2 Å². The first-order valence-corrected chi connectivity index (χ1v) is 8.92. The van der Waals surface area contributed by atoms with Crippen LogP contribution in [-0.4, -0.2) is 19.4 Å². The number of rotatable bonds is 4. The molecule has 2 amide bonds. The third kappa shape index (κ3) is 4.57. The normalized spacial score (nSPS) is 10.9. The Labute approximate surface area is 146 Å². The molecule has 2 N–H and O–H groups in total. The third-order valence-electron chi connectivity index (χ3n) is 2.77. The largest absolute Gasteiger partial charge is 0.323 e. The summed E-state index contributed by atoms with van der Waals surface area (Å²) in [5.41, 5.74) is 0.257. The number of urea groups is 1. The van der Waals surface area contributed by atoms with Crippen molar-refractivity contribution in [3.63, 3.8) is 0 Å². The van der Waals surface area contributed by atoms with E-state index in [0.29, 0.717) is 0 Å². The fourth-order valence-corrected chi connectivity index (χ4v) is 3.30. The summed E-state index contributed by atoms with van der Waals surface area (Å²) in [6.45, 7) is 0. The molecule has 2 aromatic carbocycles. The molecule has 2 aromatic rings. The molecule has 8 nitrogen and oxygen atoms in total. The predicted molar refractivity (Wildman–Crippen MR) is 90.2 cm³/mol. The Hall–Kier alpha value is -2.36. The Bertz CT molecular complexity index is 918. The minimum Gasteiger partial charge on any atom is -0.308 e. The van der Waals surface area contributed by atoms with Gasteiger partial charge in [-0.1, -0.05) is 17.7 Å². The number of hydrogen-bond acceptors (Lipinski definition) is 5. The molecule has 0 unspecified atom stereocenters. The molecule has 126 valence electrons. The summed E-state index contributed by atoms with van der Waals surface area (Å²) in [6.07, 6.45) is 0. The zero-order valence-electron chi connectivity index (χ0n) is 11.7. The first-order chi connectivity index (χ1) is 11.2. The van der Waals surface area contributed by atoms with E-state index in [1.807, 2.05) is 0 Å². The Morgan fingerprint density at radius 1 is 1.08 bits per heavy atom. The topological polar surface area (TPSA) is 118 Å². The SMILES string of the molecule is O=C(Nc1cccc([N+](=O)[O-])c1)Nc1ccc(S(=O)(=O)Cl)c(Cl)c1. The van der Waals surface area contributed by atoms with Gasteiger partial charge in [-0.25, -0.2) is 13.2 Å². The molecule has 0 aromatic heterocycles. The molecule has 24 heavy (non-hydrogen) atoms. The van der Waals surface area contributed by atoms with Crippen molar-refractivity contribution >= 4 is 54.4 Å². The van der Waals surface area contributed by atoms with Crippen LogP contribution >= 0.6 is 22.3 Å². The molecular weight excluding hydrogens is 381 g/mol. The second kappa shape index (κ2) is 7.04. The van der Waals surface area contributed by atoms with E-state index in [2.05, 4.69) is 10.6 Å². The van der Waals surface area contributed by atoms with Crippen molar-refractivity contribution in [3.05, 3.63) is 57.6 Å². The van der Waals surface area contributed by atoms with Crippen LogP contribution < -0.4 is 10.6 Å². The fourth-order valence-electron chi connectivity index (χ4n) is 1.77. The van der Waals surface area contributed by atoms with Crippen molar-refractivity contribution in [2.45, 2.75) is 4.90 Å². The lowest BCUT2D eigenvalue weighted by molar-refractivity contribution is -0.384. The molecule has 0 saturated heterocycles. The van der Waals surface area contributed by atoms with Crippen LogP contribution in [0, 0.1) is 10.1 Å². The Morgan fingerprint density at radius 2 is 1.71 bits per heavy atom. The number of nitro benzene ring substituents is 1. The van der Waals surface area contributed by atoms with Gasteiger partial charge in [-0.05, 0) is 24.3 Å². The van der Waals surface area contributed by atoms with E-state index >= 15 is 0 Å². The number of halogens is 2. The van der Waals surface area contributed by atoms with Crippen LogP contribution in [0.4, 0.5) is 21.9 Å². The van der Waals surface area contributed by atoms with Gasteiger partial charge in [0.25, 0.3) is 14.7 Å². The van der Waals surface area contributed by atoms with Gasteiger partial charge in [0.1, 0.15) is 4.90 Å². The summed E-state index contributed by atoms with van der Waals surface area (Å²) in [4.78, 5) is 21.7. The first kappa shape index (κ1) is 18.0. The second-order valence-electron chi connectivity index (χ2n) is 4.47. The molecule has 0 aliphatic carbocycles. The van der Waals surface area contributed by atoms with Gasteiger partial charge in [-0.15, -0.1) is 0 Å². The van der Waals surface area contributed by atoms with E-state index in [9.17, 15) is 23.3 Å². The summed E-state index contributed by atoms with van der Waals surface area (Å²) < 4.78 is 22.5. The van der Waals surface area contributed by atoms with Gasteiger partial charge >= 0.3 is 6.03 Å². The molecule has 0 radical (unpaired) electrons. The van der Waals surface area contributed by atoms with Crippen molar-refractivity contribution in [3.8, 4) is 0 Å². The van der Waals surface area contributed by atoms with Gasteiger partial charge in [0.2, 0.25) is 0 Å². The van der Waals surface area contributed by atoms with E-state index in [4.69, 9.17) is 22.3 Å². The molecule has 0 heterocycles. The number of carbonyl (C=O) groups excluding carboxylic acids is 1. The standard InChI is InChI=1S/C13H9Cl2N3O5S/c14-11-7-9(4-5-12(11)24(15,22)23)17-13(19)16-8-2-1-3-10(6-8)18(20)21/h1-7H,(H2,16,17,19). The first-order valence-electron chi connectivity index (χ1n) is 6.23. The van der Waals surface area contributed by atoms with Crippen molar-refractivity contribution in [2.24, 2.45) is 0 Å². The number of amides is 2. The highest BCUT2D eigenvalue weighted by molar-refractivity contribution is 8.13. The lowest BCUT2D eigenvalue weighted by Gasteiger charge is -2.09. The lowest BCUT2D eigenvalue weighted by Crippen LogP contribution is -2.19. The Kier molecular flexibility index (Phi) is 5.27. The van der Waals surface area contributed by atoms with E-state index in [1.165, 1.54) is 36.4 Å². The molecule has 0 aliphatic heterocycles. The van der Waals surface area contributed by atoms with E-state index in [1.54, 1.807) is 0 Å². The number of carbonyl (C=O) groups is 1. The van der Waals surface area contributed by atoms with Gasteiger partial charge < -0.3 is 10.6 Å². The monoisotopic (exact) mass is 389 g/mol. The number of nitrogens with one attached hydrogen (secondary N) is 2. The minimum atomic E-state index is -3.99. The molecule has 0 atom stereocenters. The number of benzene rings is 2. The number of nitrogens with zero attached hydrogens (tertiary/aromatic N) is 1. The maximum absolute atomic E-state index is 11.9. The van der Waals surface area contributed by atoms with E-state index in [-0.39, 0.29) is 27.0 Å². The highest BCUT2D eigenvalue weighted by atomic mass is 35.7. The number of anilines is 2. The van der Waals surface area contributed by atoms with Crippen molar-refractivity contribution < 1.29 is 18.1 Å². The number of hydrogen-bond donors (Lipinski definition) is 2. The summed E-state index contributed by atoms with van der Waals surface area (Å²) >= 11 is 5.80.